The highest BCUT2D eigenvalue weighted by Gasteiger charge is 2.41. The number of carbonyl (C=O) groups is 2. The molecular weight excluding hydrogens is 246 g/mol. The first-order valence-electron chi connectivity index (χ1n) is 7.08. The molecule has 0 aromatic heterocycles. The fourth-order valence-electron chi connectivity index (χ4n) is 2.63. The lowest BCUT2D eigenvalue weighted by Gasteiger charge is -2.17. The zero-order valence-electron chi connectivity index (χ0n) is 12.0. The lowest BCUT2D eigenvalue weighted by molar-refractivity contribution is -0.137. The van der Waals surface area contributed by atoms with Crippen molar-refractivity contribution in [2.75, 3.05) is 6.54 Å². The first-order chi connectivity index (χ1) is 8.93. The number of ether oxygens (including phenoxy) is 1. The summed E-state index contributed by atoms with van der Waals surface area (Å²) in [6, 6.07) is 0. The highest BCUT2D eigenvalue weighted by atomic mass is 16.5. The van der Waals surface area contributed by atoms with Crippen LogP contribution in [0.4, 0.5) is 0 Å². The Morgan fingerprint density at radius 3 is 2.32 bits per heavy atom. The third-order valence-corrected chi connectivity index (χ3v) is 3.91. The van der Waals surface area contributed by atoms with E-state index in [4.69, 9.17) is 9.84 Å². The number of aliphatic carboxylic acids is 1. The van der Waals surface area contributed by atoms with Crippen LogP contribution in [0.1, 0.15) is 46.5 Å². The van der Waals surface area contributed by atoms with Gasteiger partial charge in [-0.1, -0.05) is 13.3 Å². The number of carboxylic acid groups (broad SMARTS) is 1. The van der Waals surface area contributed by atoms with Crippen molar-refractivity contribution in [2.45, 2.75) is 58.7 Å². The molecule has 0 aromatic rings. The zero-order valence-corrected chi connectivity index (χ0v) is 12.0. The Hall–Kier alpha value is -1.10. The molecule has 0 bridgehead atoms. The van der Waals surface area contributed by atoms with Crippen LogP contribution < -0.4 is 5.32 Å². The summed E-state index contributed by atoms with van der Waals surface area (Å²) in [6.07, 6.45) is 2.62. The van der Waals surface area contributed by atoms with E-state index in [2.05, 4.69) is 5.32 Å². The number of hydrogen-bond donors (Lipinski definition) is 2. The maximum atomic E-state index is 12.1. The second-order valence-electron chi connectivity index (χ2n) is 5.43. The molecule has 1 aliphatic rings. The highest BCUT2D eigenvalue weighted by Crippen LogP contribution is 2.32. The van der Waals surface area contributed by atoms with E-state index in [-0.39, 0.29) is 36.4 Å². The summed E-state index contributed by atoms with van der Waals surface area (Å²) in [5.41, 5.74) is 0. The van der Waals surface area contributed by atoms with Gasteiger partial charge >= 0.3 is 5.97 Å². The lowest BCUT2D eigenvalue weighted by atomic mass is 9.89. The van der Waals surface area contributed by atoms with Gasteiger partial charge in [0, 0.05) is 13.0 Å². The third kappa shape index (κ3) is 4.82. The van der Waals surface area contributed by atoms with Crippen molar-refractivity contribution in [3.63, 3.8) is 0 Å². The van der Waals surface area contributed by atoms with Crippen LogP contribution in [0.5, 0.6) is 0 Å². The summed E-state index contributed by atoms with van der Waals surface area (Å²) < 4.78 is 5.65. The summed E-state index contributed by atoms with van der Waals surface area (Å²) in [5, 5.41) is 11.4. The number of unbranched alkanes of at least 4 members (excludes halogenated alkanes) is 2. The van der Waals surface area contributed by atoms with E-state index >= 15 is 0 Å². The van der Waals surface area contributed by atoms with Crippen LogP contribution in [0, 0.1) is 11.8 Å². The summed E-state index contributed by atoms with van der Waals surface area (Å²) >= 11 is 0. The molecule has 1 aliphatic heterocycles. The Labute approximate surface area is 114 Å². The minimum absolute atomic E-state index is 0.0305. The van der Waals surface area contributed by atoms with Gasteiger partial charge in [-0.15, -0.1) is 0 Å². The van der Waals surface area contributed by atoms with Gasteiger partial charge in [-0.3, -0.25) is 9.59 Å². The Morgan fingerprint density at radius 1 is 1.11 bits per heavy atom. The predicted octanol–water partition coefficient (Wildman–Crippen LogP) is 1.81. The molecule has 0 aromatic carbocycles. The van der Waals surface area contributed by atoms with Crippen LogP contribution in [0.15, 0.2) is 0 Å². The summed E-state index contributed by atoms with van der Waals surface area (Å²) in [7, 11) is 0. The highest BCUT2D eigenvalue weighted by molar-refractivity contribution is 5.79. The topological polar surface area (TPSA) is 75.6 Å². The number of rotatable bonds is 7. The molecular formula is C14H25NO4. The van der Waals surface area contributed by atoms with Crippen LogP contribution in [-0.2, 0) is 14.3 Å². The van der Waals surface area contributed by atoms with E-state index in [1.807, 2.05) is 20.8 Å². The van der Waals surface area contributed by atoms with Crippen molar-refractivity contribution in [1.82, 2.24) is 5.32 Å². The molecule has 0 aliphatic carbocycles. The van der Waals surface area contributed by atoms with Gasteiger partial charge in [-0.05, 0) is 32.6 Å². The first kappa shape index (κ1) is 16.0. The number of hydrogen-bond acceptors (Lipinski definition) is 3. The van der Waals surface area contributed by atoms with Crippen LogP contribution in [-0.4, -0.2) is 35.7 Å². The molecule has 4 unspecified atom stereocenters. The summed E-state index contributed by atoms with van der Waals surface area (Å²) in [5.74, 6) is -0.539. The van der Waals surface area contributed by atoms with Crippen molar-refractivity contribution in [3.8, 4) is 0 Å². The number of carbonyl (C=O) groups excluding carboxylic acids is 1. The van der Waals surface area contributed by atoms with E-state index in [0.717, 1.165) is 12.8 Å². The van der Waals surface area contributed by atoms with Crippen LogP contribution >= 0.6 is 0 Å². The van der Waals surface area contributed by atoms with Crippen molar-refractivity contribution >= 4 is 11.9 Å². The van der Waals surface area contributed by atoms with Crippen LogP contribution in [0.3, 0.4) is 0 Å². The lowest BCUT2D eigenvalue weighted by Crippen LogP contribution is -2.37. The Balaban J connectivity index is 2.19. The monoisotopic (exact) mass is 271 g/mol. The van der Waals surface area contributed by atoms with Gasteiger partial charge in [0.2, 0.25) is 5.91 Å². The second-order valence-corrected chi connectivity index (χ2v) is 5.43. The maximum Gasteiger partial charge on any atom is 0.303 e. The normalized spacial score (nSPS) is 30.3. The van der Waals surface area contributed by atoms with Gasteiger partial charge in [0.15, 0.2) is 0 Å². The standard InChI is InChI=1S/C14H25NO4/c1-9-10(2)19-11(3)13(9)14(18)15-8-6-4-5-7-12(16)17/h9-11,13H,4-8H2,1-3H3,(H,15,18)(H,16,17). The molecule has 0 saturated carbocycles. The average Bonchev–Trinajstić information content (AvgIpc) is 2.57. The van der Waals surface area contributed by atoms with Crippen LogP contribution in [0.2, 0.25) is 0 Å². The van der Waals surface area contributed by atoms with Gasteiger partial charge in [0.05, 0.1) is 18.1 Å². The summed E-state index contributed by atoms with van der Waals surface area (Å²) in [6.45, 7) is 6.60. The molecule has 19 heavy (non-hydrogen) atoms. The summed E-state index contributed by atoms with van der Waals surface area (Å²) in [4.78, 5) is 22.4. The molecule has 2 N–H and O–H groups in total. The van der Waals surface area contributed by atoms with E-state index in [1.54, 1.807) is 0 Å². The van der Waals surface area contributed by atoms with Gasteiger partial charge in [0.25, 0.3) is 0 Å². The molecule has 5 nitrogen and oxygen atoms in total. The number of nitrogens with one attached hydrogen (secondary N) is 1. The van der Waals surface area contributed by atoms with E-state index in [0.29, 0.717) is 13.0 Å². The van der Waals surface area contributed by atoms with Crippen molar-refractivity contribution < 1.29 is 19.4 Å². The molecule has 110 valence electrons. The molecule has 1 saturated heterocycles. The van der Waals surface area contributed by atoms with Crippen molar-refractivity contribution in [3.05, 3.63) is 0 Å². The molecule has 1 fully saturated rings. The van der Waals surface area contributed by atoms with Gasteiger partial charge < -0.3 is 15.2 Å². The van der Waals surface area contributed by atoms with Gasteiger partial charge in [-0.25, -0.2) is 0 Å². The molecule has 0 radical (unpaired) electrons. The quantitative estimate of drug-likeness (QED) is 0.692. The molecule has 1 amide bonds. The minimum atomic E-state index is -0.760. The first-order valence-corrected chi connectivity index (χ1v) is 7.08. The largest absolute Gasteiger partial charge is 0.481 e. The van der Waals surface area contributed by atoms with E-state index in [9.17, 15) is 9.59 Å². The van der Waals surface area contributed by atoms with Crippen molar-refractivity contribution in [2.24, 2.45) is 11.8 Å². The predicted molar refractivity (Wildman–Crippen MR) is 71.8 cm³/mol. The number of amides is 1. The third-order valence-electron chi connectivity index (χ3n) is 3.91. The van der Waals surface area contributed by atoms with E-state index < -0.39 is 5.97 Å². The Morgan fingerprint density at radius 2 is 1.79 bits per heavy atom. The smallest absolute Gasteiger partial charge is 0.303 e. The molecule has 0 spiro atoms. The Bertz CT molecular complexity index is 319. The van der Waals surface area contributed by atoms with Gasteiger partial charge in [0.1, 0.15) is 0 Å². The molecule has 1 heterocycles. The zero-order chi connectivity index (χ0) is 14.4. The Kier molecular flexibility index (Phi) is 6.28. The fourth-order valence-corrected chi connectivity index (χ4v) is 2.63. The average molecular weight is 271 g/mol. The van der Waals surface area contributed by atoms with Crippen molar-refractivity contribution in [1.29, 1.82) is 0 Å². The molecule has 1 rings (SSSR count). The second kappa shape index (κ2) is 7.48. The van der Waals surface area contributed by atoms with E-state index in [1.165, 1.54) is 0 Å². The number of carboxylic acids is 1. The van der Waals surface area contributed by atoms with Gasteiger partial charge in [-0.2, -0.15) is 0 Å². The fraction of sp³-hybridized carbons (Fsp3) is 0.857. The molecule has 5 heteroatoms. The SMILES string of the molecule is CC1OC(C)C(C(=O)NCCCCCC(=O)O)C1C. The minimum Gasteiger partial charge on any atom is -0.481 e. The molecule has 4 atom stereocenters. The maximum absolute atomic E-state index is 12.1. The van der Waals surface area contributed by atoms with Crippen LogP contribution in [0.25, 0.3) is 0 Å².